The normalized spacial score (nSPS) is 14.7. The molecular weight excluding hydrogens is 244 g/mol. The van der Waals surface area contributed by atoms with Crippen LogP contribution in [0.5, 0.6) is 0 Å². The van der Waals surface area contributed by atoms with Crippen LogP contribution in [0, 0.1) is 6.92 Å². The van der Waals surface area contributed by atoms with Crippen LogP contribution < -0.4 is 10.6 Å². The number of anilines is 1. The van der Waals surface area contributed by atoms with Gasteiger partial charge in [0.2, 0.25) is 0 Å². The molecule has 1 aliphatic rings. The van der Waals surface area contributed by atoms with E-state index in [2.05, 4.69) is 66.9 Å². The summed E-state index contributed by atoms with van der Waals surface area (Å²) in [7, 11) is 0. The molecule has 0 saturated heterocycles. The lowest BCUT2D eigenvalue weighted by atomic mass is 10.0. The molecule has 0 fully saturated rings. The Kier molecular flexibility index (Phi) is 3.75. The lowest BCUT2D eigenvalue weighted by molar-refractivity contribution is 0.573. The Bertz CT molecular complexity index is 604. The summed E-state index contributed by atoms with van der Waals surface area (Å²) >= 11 is 0. The van der Waals surface area contributed by atoms with Gasteiger partial charge in [0.25, 0.3) is 0 Å². The Morgan fingerprint density at radius 1 is 1.15 bits per heavy atom. The third kappa shape index (κ3) is 2.56. The van der Waals surface area contributed by atoms with Crippen molar-refractivity contribution in [3.8, 4) is 0 Å². The Morgan fingerprint density at radius 2 is 2.00 bits per heavy atom. The van der Waals surface area contributed by atoms with E-state index in [9.17, 15) is 0 Å². The Hall–Kier alpha value is -1.80. The van der Waals surface area contributed by atoms with E-state index in [0.29, 0.717) is 6.04 Å². The minimum Gasteiger partial charge on any atom is -0.384 e. The summed E-state index contributed by atoms with van der Waals surface area (Å²) in [6.07, 6.45) is 1.15. The Labute approximate surface area is 121 Å². The number of nitrogens with one attached hydrogen (secondary N) is 2. The molecule has 0 bridgehead atoms. The monoisotopic (exact) mass is 266 g/mol. The average Bonchev–Trinajstić information content (AvgIpc) is 2.94. The molecule has 0 amide bonds. The molecule has 2 N–H and O–H groups in total. The summed E-state index contributed by atoms with van der Waals surface area (Å²) < 4.78 is 0. The van der Waals surface area contributed by atoms with Gasteiger partial charge in [-0.25, -0.2) is 0 Å². The van der Waals surface area contributed by atoms with Crippen LogP contribution in [0.3, 0.4) is 0 Å². The molecule has 0 radical (unpaired) electrons. The van der Waals surface area contributed by atoms with Crippen LogP contribution in [0.25, 0.3) is 0 Å². The molecule has 0 aliphatic carbocycles. The van der Waals surface area contributed by atoms with Gasteiger partial charge in [-0.1, -0.05) is 42.5 Å². The van der Waals surface area contributed by atoms with Crippen LogP contribution in [0.2, 0.25) is 0 Å². The van der Waals surface area contributed by atoms with Crippen LogP contribution in [0.4, 0.5) is 5.69 Å². The zero-order valence-corrected chi connectivity index (χ0v) is 12.2. The summed E-state index contributed by atoms with van der Waals surface area (Å²) in [6, 6.07) is 15.6. The summed E-state index contributed by atoms with van der Waals surface area (Å²) in [5, 5.41) is 7.15. The molecule has 1 aliphatic heterocycles. The lowest BCUT2D eigenvalue weighted by Crippen LogP contribution is -2.19. The summed E-state index contributed by atoms with van der Waals surface area (Å²) in [5.41, 5.74) is 6.90. The molecule has 2 heteroatoms. The van der Waals surface area contributed by atoms with Gasteiger partial charge in [-0.05, 0) is 42.5 Å². The second-order valence-electron chi connectivity index (χ2n) is 5.59. The standard InChI is InChI=1S/C18H22N2/c1-13-6-3-4-9-17(13)14(2)20-12-16-8-5-7-15-10-11-19-18(15)16/h3-9,14,19-20H,10-12H2,1-2H3/t14-/m1/s1. The predicted molar refractivity (Wildman–Crippen MR) is 85.1 cm³/mol. The topological polar surface area (TPSA) is 24.1 Å². The van der Waals surface area contributed by atoms with Crippen LogP contribution in [0.15, 0.2) is 42.5 Å². The van der Waals surface area contributed by atoms with Gasteiger partial charge in [0.1, 0.15) is 0 Å². The molecule has 0 saturated carbocycles. The molecule has 3 rings (SSSR count). The molecule has 0 unspecified atom stereocenters. The highest BCUT2D eigenvalue weighted by Crippen LogP contribution is 2.27. The maximum atomic E-state index is 3.65. The molecule has 2 aromatic rings. The molecule has 2 nitrogen and oxygen atoms in total. The first-order valence-corrected chi connectivity index (χ1v) is 7.39. The van der Waals surface area contributed by atoms with E-state index in [-0.39, 0.29) is 0 Å². The maximum absolute atomic E-state index is 3.65. The van der Waals surface area contributed by atoms with E-state index in [1.54, 1.807) is 0 Å². The van der Waals surface area contributed by atoms with Crippen LogP contribution in [0.1, 0.15) is 35.2 Å². The minimum atomic E-state index is 0.369. The van der Waals surface area contributed by atoms with Gasteiger partial charge in [0.05, 0.1) is 0 Å². The third-order valence-corrected chi connectivity index (χ3v) is 4.19. The summed E-state index contributed by atoms with van der Waals surface area (Å²) in [6.45, 7) is 6.39. The SMILES string of the molecule is Cc1ccccc1[C@@H](C)NCc1cccc2c1NCC2. The highest BCUT2D eigenvalue weighted by atomic mass is 14.9. The fraction of sp³-hybridized carbons (Fsp3) is 0.333. The second-order valence-corrected chi connectivity index (χ2v) is 5.59. The quantitative estimate of drug-likeness (QED) is 0.879. The summed E-state index contributed by atoms with van der Waals surface area (Å²) in [5.74, 6) is 0. The van der Waals surface area contributed by atoms with Gasteiger partial charge in [-0.2, -0.15) is 0 Å². The van der Waals surface area contributed by atoms with Crippen molar-refractivity contribution in [3.05, 3.63) is 64.7 Å². The van der Waals surface area contributed by atoms with Crippen molar-refractivity contribution in [1.29, 1.82) is 0 Å². The number of hydrogen-bond donors (Lipinski definition) is 2. The fourth-order valence-electron chi connectivity index (χ4n) is 3.00. The first-order valence-electron chi connectivity index (χ1n) is 7.39. The zero-order chi connectivity index (χ0) is 13.9. The van der Waals surface area contributed by atoms with Crippen molar-refractivity contribution in [2.24, 2.45) is 0 Å². The minimum absolute atomic E-state index is 0.369. The number of rotatable bonds is 4. The molecule has 1 atom stereocenters. The van der Waals surface area contributed by atoms with Gasteiger partial charge in [-0.15, -0.1) is 0 Å². The average molecular weight is 266 g/mol. The lowest BCUT2D eigenvalue weighted by Gasteiger charge is -2.18. The van der Waals surface area contributed by atoms with Gasteiger partial charge >= 0.3 is 0 Å². The predicted octanol–water partition coefficient (Wildman–Crippen LogP) is 3.81. The molecule has 1 heterocycles. The Morgan fingerprint density at radius 3 is 2.85 bits per heavy atom. The number of benzene rings is 2. The van der Waals surface area contributed by atoms with Gasteiger partial charge in [0, 0.05) is 24.8 Å². The molecule has 0 aromatic heterocycles. The molecule has 104 valence electrons. The van der Waals surface area contributed by atoms with Crippen molar-refractivity contribution < 1.29 is 0 Å². The van der Waals surface area contributed by atoms with Crippen LogP contribution in [-0.4, -0.2) is 6.54 Å². The first-order chi connectivity index (χ1) is 9.75. The first kappa shape index (κ1) is 13.2. The van der Waals surface area contributed by atoms with Crippen molar-refractivity contribution in [3.63, 3.8) is 0 Å². The van der Waals surface area contributed by atoms with E-state index in [4.69, 9.17) is 0 Å². The van der Waals surface area contributed by atoms with Crippen molar-refractivity contribution >= 4 is 5.69 Å². The van der Waals surface area contributed by atoms with E-state index in [0.717, 1.165) is 19.5 Å². The largest absolute Gasteiger partial charge is 0.384 e. The fourth-order valence-corrected chi connectivity index (χ4v) is 3.00. The number of fused-ring (bicyclic) bond motifs is 1. The smallest absolute Gasteiger partial charge is 0.0419 e. The zero-order valence-electron chi connectivity index (χ0n) is 12.2. The van der Waals surface area contributed by atoms with Crippen molar-refractivity contribution in [2.75, 3.05) is 11.9 Å². The number of hydrogen-bond acceptors (Lipinski definition) is 2. The molecule has 2 aromatic carbocycles. The van der Waals surface area contributed by atoms with Gasteiger partial charge in [-0.3, -0.25) is 0 Å². The highest BCUT2D eigenvalue weighted by Gasteiger charge is 2.14. The molecular formula is C18H22N2. The highest BCUT2D eigenvalue weighted by molar-refractivity contribution is 5.61. The molecule has 0 spiro atoms. The Balaban J connectivity index is 1.71. The van der Waals surface area contributed by atoms with Gasteiger partial charge < -0.3 is 10.6 Å². The van der Waals surface area contributed by atoms with E-state index >= 15 is 0 Å². The third-order valence-electron chi connectivity index (χ3n) is 4.19. The second kappa shape index (κ2) is 5.68. The van der Waals surface area contributed by atoms with E-state index in [1.165, 1.54) is 27.9 Å². The van der Waals surface area contributed by atoms with Crippen molar-refractivity contribution in [1.82, 2.24) is 5.32 Å². The van der Waals surface area contributed by atoms with Gasteiger partial charge in [0.15, 0.2) is 0 Å². The number of para-hydroxylation sites is 1. The summed E-state index contributed by atoms with van der Waals surface area (Å²) in [4.78, 5) is 0. The maximum Gasteiger partial charge on any atom is 0.0419 e. The van der Waals surface area contributed by atoms with E-state index in [1.807, 2.05) is 0 Å². The molecule has 20 heavy (non-hydrogen) atoms. The van der Waals surface area contributed by atoms with Crippen LogP contribution >= 0.6 is 0 Å². The van der Waals surface area contributed by atoms with E-state index < -0.39 is 0 Å². The number of aryl methyl sites for hydroxylation is 1. The van der Waals surface area contributed by atoms with Crippen molar-refractivity contribution in [2.45, 2.75) is 32.9 Å². The van der Waals surface area contributed by atoms with Crippen LogP contribution in [-0.2, 0) is 13.0 Å².